The van der Waals surface area contributed by atoms with Gasteiger partial charge < -0.3 is 19.5 Å². The molecule has 0 aliphatic rings. The van der Waals surface area contributed by atoms with E-state index in [-0.39, 0.29) is 13.0 Å². The van der Waals surface area contributed by atoms with E-state index in [1.165, 1.54) is 0 Å². The van der Waals surface area contributed by atoms with Crippen LogP contribution < -0.4 is 10.1 Å². The van der Waals surface area contributed by atoms with Crippen LogP contribution in [0.25, 0.3) is 0 Å². The van der Waals surface area contributed by atoms with Crippen LogP contribution in [0.4, 0.5) is 4.79 Å². The summed E-state index contributed by atoms with van der Waals surface area (Å²) < 4.78 is 15.6. The third-order valence-corrected chi connectivity index (χ3v) is 3.00. The van der Waals surface area contributed by atoms with Crippen LogP contribution in [-0.2, 0) is 20.7 Å². The highest BCUT2D eigenvalue weighted by Gasteiger charge is 2.25. The molecule has 0 aliphatic heterocycles. The molecule has 0 heterocycles. The Labute approximate surface area is 154 Å². The van der Waals surface area contributed by atoms with Crippen LogP contribution in [0.3, 0.4) is 0 Å². The lowest BCUT2D eigenvalue weighted by molar-refractivity contribution is -0.144. The average Bonchev–Trinajstić information content (AvgIpc) is 2.56. The highest BCUT2D eigenvalue weighted by atomic mass is 16.6. The molecule has 6 nitrogen and oxygen atoms in total. The predicted molar refractivity (Wildman–Crippen MR) is 98.8 cm³/mol. The Morgan fingerprint density at radius 2 is 1.96 bits per heavy atom. The lowest BCUT2D eigenvalue weighted by Gasteiger charge is -2.23. The largest absolute Gasteiger partial charge is 0.490 e. The molecule has 1 aromatic rings. The topological polar surface area (TPSA) is 73.9 Å². The van der Waals surface area contributed by atoms with Crippen molar-refractivity contribution in [2.45, 2.75) is 38.8 Å². The molecule has 0 spiro atoms. The first kappa shape index (κ1) is 21.1. The van der Waals surface area contributed by atoms with E-state index in [0.717, 1.165) is 5.56 Å². The molecule has 0 aliphatic carbocycles. The number of nitrogens with one attached hydrogen (secondary N) is 1. The Bertz CT molecular complexity index is 652. The van der Waals surface area contributed by atoms with Crippen molar-refractivity contribution in [2.24, 2.45) is 0 Å². The highest BCUT2D eigenvalue weighted by molar-refractivity contribution is 5.81. The fourth-order valence-electron chi connectivity index (χ4n) is 1.97. The van der Waals surface area contributed by atoms with Gasteiger partial charge in [-0.1, -0.05) is 30.7 Å². The molecule has 1 aromatic carbocycles. The van der Waals surface area contributed by atoms with Gasteiger partial charge in [-0.25, -0.2) is 9.59 Å². The van der Waals surface area contributed by atoms with Gasteiger partial charge in [-0.05, 0) is 38.5 Å². The number of hydrogen-bond donors (Lipinski definition) is 1. The van der Waals surface area contributed by atoms with E-state index >= 15 is 0 Å². The van der Waals surface area contributed by atoms with Gasteiger partial charge in [0.15, 0.2) is 6.61 Å². The number of hydrogen-bond acceptors (Lipinski definition) is 5. The number of alkyl carbamates (subject to hydrolysis) is 1. The molecule has 1 amide bonds. The van der Waals surface area contributed by atoms with Crippen molar-refractivity contribution in [2.75, 3.05) is 13.2 Å². The molecule has 1 unspecified atom stereocenters. The maximum absolute atomic E-state index is 12.2. The van der Waals surface area contributed by atoms with Gasteiger partial charge in [0, 0.05) is 6.42 Å². The molecular weight excluding hydrogens is 334 g/mol. The van der Waals surface area contributed by atoms with Crippen molar-refractivity contribution in [3.8, 4) is 18.1 Å². The monoisotopic (exact) mass is 359 g/mol. The SMILES string of the molecule is C#CCOC(=O)C(Cc1ccc(OCC=C)cc1)NC(=O)OC(C)(C)C. The molecule has 1 N–H and O–H groups in total. The molecule has 0 radical (unpaired) electrons. The molecule has 0 bridgehead atoms. The normalized spacial score (nSPS) is 11.6. The first-order chi connectivity index (χ1) is 12.2. The molecule has 0 aromatic heterocycles. The second-order valence-electron chi connectivity index (χ2n) is 6.46. The summed E-state index contributed by atoms with van der Waals surface area (Å²) in [5.41, 5.74) is 0.135. The molecule has 140 valence electrons. The van der Waals surface area contributed by atoms with E-state index in [2.05, 4.69) is 17.8 Å². The van der Waals surface area contributed by atoms with Gasteiger partial charge >= 0.3 is 12.1 Å². The molecule has 0 saturated heterocycles. The zero-order chi connectivity index (χ0) is 19.6. The summed E-state index contributed by atoms with van der Waals surface area (Å²) >= 11 is 0. The number of carbonyl (C=O) groups excluding carboxylic acids is 2. The van der Waals surface area contributed by atoms with Crippen molar-refractivity contribution in [3.63, 3.8) is 0 Å². The fraction of sp³-hybridized carbons (Fsp3) is 0.400. The van der Waals surface area contributed by atoms with Crippen LogP contribution in [0.1, 0.15) is 26.3 Å². The van der Waals surface area contributed by atoms with Gasteiger partial charge in [-0.3, -0.25) is 0 Å². The Kier molecular flexibility index (Phi) is 8.23. The van der Waals surface area contributed by atoms with Crippen LogP contribution >= 0.6 is 0 Å². The average molecular weight is 359 g/mol. The maximum Gasteiger partial charge on any atom is 0.408 e. The Balaban J connectivity index is 2.80. The smallest absolute Gasteiger partial charge is 0.408 e. The van der Waals surface area contributed by atoms with Crippen molar-refractivity contribution in [1.29, 1.82) is 0 Å². The highest BCUT2D eigenvalue weighted by Crippen LogP contribution is 2.14. The van der Waals surface area contributed by atoms with Gasteiger partial charge in [0.1, 0.15) is 24.0 Å². The van der Waals surface area contributed by atoms with E-state index < -0.39 is 23.7 Å². The number of amides is 1. The first-order valence-electron chi connectivity index (χ1n) is 8.17. The van der Waals surface area contributed by atoms with Crippen molar-refractivity contribution >= 4 is 12.1 Å². The minimum atomic E-state index is -0.918. The minimum absolute atomic E-state index is 0.167. The zero-order valence-corrected chi connectivity index (χ0v) is 15.4. The second-order valence-corrected chi connectivity index (χ2v) is 6.46. The first-order valence-corrected chi connectivity index (χ1v) is 8.17. The quantitative estimate of drug-likeness (QED) is 0.439. The molecule has 6 heteroatoms. The Morgan fingerprint density at radius 1 is 1.31 bits per heavy atom. The lowest BCUT2D eigenvalue weighted by Crippen LogP contribution is -2.45. The Morgan fingerprint density at radius 3 is 2.50 bits per heavy atom. The van der Waals surface area contributed by atoms with Gasteiger partial charge in [0.05, 0.1) is 0 Å². The number of ether oxygens (including phenoxy) is 3. The van der Waals surface area contributed by atoms with Crippen molar-refractivity contribution < 1.29 is 23.8 Å². The fourth-order valence-corrected chi connectivity index (χ4v) is 1.97. The van der Waals surface area contributed by atoms with Crippen molar-refractivity contribution in [3.05, 3.63) is 42.5 Å². The standard InChI is InChI=1S/C20H25NO5/c1-6-12-24-16-10-8-15(9-11-16)14-17(18(22)25-13-7-2)21-19(23)26-20(3,4)5/h2,6,8-11,17H,1,12-14H2,3-5H3,(H,21,23). The van der Waals surface area contributed by atoms with Gasteiger partial charge in [0.25, 0.3) is 0 Å². The predicted octanol–water partition coefficient (Wildman–Crippen LogP) is 2.86. The third-order valence-electron chi connectivity index (χ3n) is 3.00. The molecule has 0 fully saturated rings. The summed E-state index contributed by atoms with van der Waals surface area (Å²) in [7, 11) is 0. The lowest BCUT2D eigenvalue weighted by atomic mass is 10.1. The molecule has 0 saturated carbocycles. The molecular formula is C20H25NO5. The van der Waals surface area contributed by atoms with Crippen LogP contribution in [0.2, 0.25) is 0 Å². The van der Waals surface area contributed by atoms with Crippen molar-refractivity contribution in [1.82, 2.24) is 5.32 Å². The summed E-state index contributed by atoms with van der Waals surface area (Å²) in [6, 6.07) is 6.23. The summed E-state index contributed by atoms with van der Waals surface area (Å²) in [5.74, 6) is 2.28. The van der Waals surface area contributed by atoms with E-state index in [0.29, 0.717) is 12.4 Å². The number of esters is 1. The number of carbonyl (C=O) groups is 2. The maximum atomic E-state index is 12.2. The van der Waals surface area contributed by atoms with E-state index in [1.807, 2.05) is 0 Å². The number of benzene rings is 1. The number of terminal acetylenes is 1. The van der Waals surface area contributed by atoms with E-state index in [4.69, 9.17) is 20.6 Å². The van der Waals surface area contributed by atoms with Crippen LogP contribution in [0.15, 0.2) is 36.9 Å². The zero-order valence-electron chi connectivity index (χ0n) is 15.4. The Hall–Kier alpha value is -2.94. The summed E-state index contributed by atoms with van der Waals surface area (Å²) in [6.45, 7) is 9.03. The third kappa shape index (κ3) is 8.25. The van der Waals surface area contributed by atoms with E-state index in [9.17, 15) is 9.59 Å². The second kappa shape index (κ2) is 10.1. The van der Waals surface area contributed by atoms with Crippen LogP contribution in [0.5, 0.6) is 5.75 Å². The summed E-state index contributed by atoms with van der Waals surface area (Å²) in [4.78, 5) is 24.2. The number of rotatable bonds is 8. The molecule has 1 rings (SSSR count). The minimum Gasteiger partial charge on any atom is -0.490 e. The van der Waals surface area contributed by atoms with E-state index in [1.54, 1.807) is 51.1 Å². The molecule has 1 atom stereocenters. The summed E-state index contributed by atoms with van der Waals surface area (Å²) in [6.07, 6.45) is 6.28. The molecule has 26 heavy (non-hydrogen) atoms. The van der Waals surface area contributed by atoms with Gasteiger partial charge in [0.2, 0.25) is 0 Å². The summed E-state index contributed by atoms with van der Waals surface area (Å²) in [5, 5.41) is 2.53. The van der Waals surface area contributed by atoms with Crippen LogP contribution in [0, 0.1) is 12.3 Å². The van der Waals surface area contributed by atoms with Gasteiger partial charge in [-0.2, -0.15) is 0 Å². The van der Waals surface area contributed by atoms with Crippen LogP contribution in [-0.4, -0.2) is 36.9 Å². The van der Waals surface area contributed by atoms with Gasteiger partial charge in [-0.15, -0.1) is 6.42 Å².